The van der Waals surface area contributed by atoms with Gasteiger partial charge in [0.05, 0.1) is 24.4 Å². The third-order valence-corrected chi connectivity index (χ3v) is 4.25. The Morgan fingerprint density at radius 1 is 1.32 bits per heavy atom. The van der Waals surface area contributed by atoms with E-state index in [1.165, 1.54) is 6.20 Å². The van der Waals surface area contributed by atoms with E-state index in [0.29, 0.717) is 24.7 Å². The first-order valence-electron chi connectivity index (χ1n) is 8.31. The number of ether oxygens (including phenoxy) is 1. The average molecular weight is 361 g/mol. The number of aromatic nitrogens is 2. The molecule has 1 aromatic heterocycles. The number of carbonyl (C=O) groups is 1. The largest absolute Gasteiger partial charge is 0.378 e. The summed E-state index contributed by atoms with van der Waals surface area (Å²) in [5, 5.41) is 3.11. The molecule has 3 rings (SSSR count). The molecule has 0 spiro atoms. The van der Waals surface area contributed by atoms with Gasteiger partial charge in [0.15, 0.2) is 5.69 Å². The molecule has 7 heteroatoms. The first-order chi connectivity index (χ1) is 12.0. The lowest BCUT2D eigenvalue weighted by atomic mass is 10.2. The van der Waals surface area contributed by atoms with Crippen LogP contribution in [-0.2, 0) is 4.74 Å². The fourth-order valence-corrected chi connectivity index (χ4v) is 2.79. The van der Waals surface area contributed by atoms with Crippen molar-refractivity contribution in [2.75, 3.05) is 36.5 Å². The Kier molecular flexibility index (Phi) is 5.50. The smallest absolute Gasteiger partial charge is 0.275 e. The van der Waals surface area contributed by atoms with E-state index in [0.717, 1.165) is 18.8 Å². The Morgan fingerprint density at radius 2 is 2.08 bits per heavy atom. The highest BCUT2D eigenvalue weighted by molar-refractivity contribution is 6.33. The van der Waals surface area contributed by atoms with E-state index in [2.05, 4.69) is 20.2 Å². The van der Waals surface area contributed by atoms with Crippen LogP contribution >= 0.6 is 11.6 Å². The van der Waals surface area contributed by atoms with Gasteiger partial charge < -0.3 is 15.0 Å². The highest BCUT2D eigenvalue weighted by Crippen LogP contribution is 2.22. The zero-order chi connectivity index (χ0) is 17.8. The summed E-state index contributed by atoms with van der Waals surface area (Å²) >= 11 is 6.11. The summed E-state index contributed by atoms with van der Waals surface area (Å²) in [5.74, 6) is 0.374. The third kappa shape index (κ3) is 4.27. The number of rotatable bonds is 4. The van der Waals surface area contributed by atoms with Gasteiger partial charge in [-0.15, -0.1) is 0 Å². The zero-order valence-electron chi connectivity index (χ0n) is 14.3. The Labute approximate surface area is 152 Å². The van der Waals surface area contributed by atoms with Crippen molar-refractivity contribution in [3.05, 3.63) is 47.0 Å². The van der Waals surface area contributed by atoms with Crippen LogP contribution in [0, 0.1) is 0 Å². The van der Waals surface area contributed by atoms with E-state index in [9.17, 15) is 4.79 Å². The van der Waals surface area contributed by atoms with E-state index in [-0.39, 0.29) is 22.5 Å². The average Bonchev–Trinajstić information content (AvgIpc) is 2.62. The summed E-state index contributed by atoms with van der Waals surface area (Å²) in [6, 6.07) is 7.74. The van der Waals surface area contributed by atoms with Gasteiger partial charge in [0.25, 0.3) is 5.91 Å². The number of hydrogen-bond donors (Lipinski definition) is 1. The van der Waals surface area contributed by atoms with E-state index >= 15 is 0 Å². The molecule has 0 radical (unpaired) electrons. The number of morpholine rings is 1. The maximum Gasteiger partial charge on any atom is 0.275 e. The minimum absolute atomic E-state index is 0.119. The van der Waals surface area contributed by atoms with E-state index in [4.69, 9.17) is 16.3 Å². The van der Waals surface area contributed by atoms with Crippen molar-refractivity contribution in [2.24, 2.45) is 0 Å². The summed E-state index contributed by atoms with van der Waals surface area (Å²) in [7, 11) is 0. The second kappa shape index (κ2) is 7.80. The SMILES string of the molecule is CC(C)c1ncc(Cl)c(C(=O)Nc2cccc(N3CCOCC3)c2)n1. The summed E-state index contributed by atoms with van der Waals surface area (Å²) in [6.45, 7) is 7.05. The Morgan fingerprint density at radius 3 is 2.80 bits per heavy atom. The van der Waals surface area contributed by atoms with E-state index in [1.54, 1.807) is 0 Å². The summed E-state index contributed by atoms with van der Waals surface area (Å²) < 4.78 is 5.38. The van der Waals surface area contributed by atoms with Gasteiger partial charge in [0, 0.05) is 30.4 Å². The highest BCUT2D eigenvalue weighted by Gasteiger charge is 2.17. The molecule has 1 aromatic carbocycles. The van der Waals surface area contributed by atoms with Crippen molar-refractivity contribution in [2.45, 2.75) is 19.8 Å². The Bertz CT molecular complexity index is 760. The number of amides is 1. The van der Waals surface area contributed by atoms with Gasteiger partial charge in [-0.3, -0.25) is 4.79 Å². The van der Waals surface area contributed by atoms with Crippen LogP contribution in [0.2, 0.25) is 5.02 Å². The van der Waals surface area contributed by atoms with Crippen LogP contribution in [0.5, 0.6) is 0 Å². The van der Waals surface area contributed by atoms with Crippen molar-refractivity contribution < 1.29 is 9.53 Å². The monoisotopic (exact) mass is 360 g/mol. The van der Waals surface area contributed by atoms with Crippen molar-refractivity contribution in [3.63, 3.8) is 0 Å². The van der Waals surface area contributed by atoms with Crippen LogP contribution in [0.4, 0.5) is 11.4 Å². The molecule has 1 aliphatic heterocycles. The number of carbonyl (C=O) groups excluding carboxylic acids is 1. The molecule has 0 atom stereocenters. The number of anilines is 2. The molecule has 0 bridgehead atoms. The molecule has 2 heterocycles. The van der Waals surface area contributed by atoms with Crippen LogP contribution < -0.4 is 10.2 Å². The predicted molar refractivity (Wildman–Crippen MR) is 98.6 cm³/mol. The van der Waals surface area contributed by atoms with Gasteiger partial charge in [-0.1, -0.05) is 31.5 Å². The third-order valence-electron chi connectivity index (χ3n) is 3.97. The summed E-state index contributed by atoms with van der Waals surface area (Å²) in [6.07, 6.45) is 1.48. The van der Waals surface area contributed by atoms with Crippen molar-refractivity contribution >= 4 is 28.9 Å². The van der Waals surface area contributed by atoms with Gasteiger partial charge >= 0.3 is 0 Å². The lowest BCUT2D eigenvalue weighted by molar-refractivity contribution is 0.102. The Balaban J connectivity index is 1.78. The zero-order valence-corrected chi connectivity index (χ0v) is 15.1. The quantitative estimate of drug-likeness (QED) is 0.905. The molecule has 25 heavy (non-hydrogen) atoms. The fourth-order valence-electron chi connectivity index (χ4n) is 2.61. The van der Waals surface area contributed by atoms with Gasteiger partial charge in [0.2, 0.25) is 0 Å². The van der Waals surface area contributed by atoms with E-state index in [1.807, 2.05) is 38.1 Å². The predicted octanol–water partition coefficient (Wildman–Crippen LogP) is 3.34. The first-order valence-corrected chi connectivity index (χ1v) is 8.69. The fraction of sp³-hybridized carbons (Fsp3) is 0.389. The van der Waals surface area contributed by atoms with Crippen molar-refractivity contribution in [3.8, 4) is 0 Å². The van der Waals surface area contributed by atoms with E-state index < -0.39 is 0 Å². The molecule has 1 amide bonds. The molecule has 1 fully saturated rings. The highest BCUT2D eigenvalue weighted by atomic mass is 35.5. The van der Waals surface area contributed by atoms with Gasteiger partial charge in [-0.2, -0.15) is 0 Å². The lowest BCUT2D eigenvalue weighted by Crippen LogP contribution is -2.36. The number of benzene rings is 1. The summed E-state index contributed by atoms with van der Waals surface area (Å²) in [4.78, 5) is 23.3. The molecule has 0 aliphatic carbocycles. The van der Waals surface area contributed by atoms with Crippen molar-refractivity contribution in [1.82, 2.24) is 9.97 Å². The van der Waals surface area contributed by atoms with Crippen LogP contribution in [0.3, 0.4) is 0 Å². The topological polar surface area (TPSA) is 67.4 Å². The molecule has 0 unspecified atom stereocenters. The number of hydrogen-bond acceptors (Lipinski definition) is 5. The summed E-state index contributed by atoms with van der Waals surface area (Å²) in [5.41, 5.74) is 1.95. The van der Waals surface area contributed by atoms with Crippen LogP contribution in [0.1, 0.15) is 36.1 Å². The lowest BCUT2D eigenvalue weighted by Gasteiger charge is -2.29. The number of halogens is 1. The molecule has 1 saturated heterocycles. The van der Waals surface area contributed by atoms with Crippen LogP contribution in [0.15, 0.2) is 30.5 Å². The molecule has 132 valence electrons. The van der Waals surface area contributed by atoms with Crippen molar-refractivity contribution in [1.29, 1.82) is 0 Å². The van der Waals surface area contributed by atoms with Crippen LogP contribution in [-0.4, -0.2) is 42.2 Å². The van der Waals surface area contributed by atoms with Crippen LogP contribution in [0.25, 0.3) is 0 Å². The minimum Gasteiger partial charge on any atom is -0.378 e. The molecule has 6 nitrogen and oxygen atoms in total. The normalized spacial score (nSPS) is 14.6. The number of nitrogens with zero attached hydrogens (tertiary/aromatic N) is 3. The first kappa shape index (κ1) is 17.6. The molecule has 2 aromatic rings. The standard InChI is InChI=1S/C18H21ClN4O2/c1-12(2)17-20-11-15(19)16(22-17)18(24)21-13-4-3-5-14(10-13)23-6-8-25-9-7-23/h3-5,10-12H,6-9H2,1-2H3,(H,21,24). The molecule has 0 saturated carbocycles. The second-order valence-electron chi connectivity index (χ2n) is 6.18. The van der Waals surface area contributed by atoms with Gasteiger partial charge in [-0.05, 0) is 18.2 Å². The Hall–Kier alpha value is -2.18. The molecular formula is C18H21ClN4O2. The molecule has 1 N–H and O–H groups in total. The van der Waals surface area contributed by atoms with Gasteiger partial charge in [-0.25, -0.2) is 9.97 Å². The maximum atomic E-state index is 12.6. The minimum atomic E-state index is -0.339. The maximum absolute atomic E-state index is 12.6. The second-order valence-corrected chi connectivity index (χ2v) is 6.59. The molecular weight excluding hydrogens is 340 g/mol. The van der Waals surface area contributed by atoms with Gasteiger partial charge in [0.1, 0.15) is 5.82 Å². The number of nitrogens with one attached hydrogen (secondary N) is 1. The molecule has 1 aliphatic rings.